The summed E-state index contributed by atoms with van der Waals surface area (Å²) in [6.45, 7) is 5.90. The second-order valence-electron chi connectivity index (χ2n) is 4.54. The van der Waals surface area contributed by atoms with Crippen LogP contribution in [-0.4, -0.2) is 29.3 Å². The van der Waals surface area contributed by atoms with E-state index in [-0.39, 0.29) is 17.9 Å². The van der Waals surface area contributed by atoms with Gasteiger partial charge in [0, 0.05) is 19.0 Å². The Hall–Kier alpha value is -0.900. The Bertz CT molecular complexity index is 261. The molecule has 0 saturated carbocycles. The van der Waals surface area contributed by atoms with E-state index >= 15 is 0 Å². The van der Waals surface area contributed by atoms with Gasteiger partial charge >= 0.3 is 0 Å². The molecule has 1 saturated heterocycles. The molecule has 4 nitrogen and oxygen atoms in total. The highest BCUT2D eigenvalue weighted by atomic mass is 16.2. The quantitative estimate of drug-likeness (QED) is 0.672. The molecule has 1 aliphatic rings. The normalized spacial score (nSPS) is 23.0. The SMILES string of the molecule is CCC(N)CN1C(=O)CC(C)(C)C1=O. The van der Waals surface area contributed by atoms with Gasteiger partial charge in [0.25, 0.3) is 0 Å². The molecule has 2 amide bonds. The minimum atomic E-state index is -0.537. The fraction of sp³-hybridized carbons (Fsp3) is 0.800. The molecule has 2 N–H and O–H groups in total. The van der Waals surface area contributed by atoms with Gasteiger partial charge in [-0.25, -0.2) is 0 Å². The smallest absolute Gasteiger partial charge is 0.235 e. The Morgan fingerprint density at radius 1 is 1.50 bits per heavy atom. The summed E-state index contributed by atoms with van der Waals surface area (Å²) < 4.78 is 0. The average Bonchev–Trinajstić information content (AvgIpc) is 2.28. The van der Waals surface area contributed by atoms with Gasteiger partial charge in [-0.1, -0.05) is 20.8 Å². The van der Waals surface area contributed by atoms with E-state index in [4.69, 9.17) is 5.73 Å². The maximum absolute atomic E-state index is 11.7. The molecule has 0 radical (unpaired) electrons. The fourth-order valence-corrected chi connectivity index (χ4v) is 1.58. The van der Waals surface area contributed by atoms with Crippen LogP contribution in [0.15, 0.2) is 0 Å². The van der Waals surface area contributed by atoms with Crippen LogP contribution in [-0.2, 0) is 9.59 Å². The van der Waals surface area contributed by atoms with Gasteiger partial charge in [-0.05, 0) is 6.42 Å². The first-order valence-electron chi connectivity index (χ1n) is 4.99. The highest BCUT2D eigenvalue weighted by Gasteiger charge is 2.44. The van der Waals surface area contributed by atoms with E-state index in [9.17, 15) is 9.59 Å². The number of likely N-dealkylation sites (tertiary alicyclic amines) is 1. The van der Waals surface area contributed by atoms with E-state index in [1.807, 2.05) is 6.92 Å². The van der Waals surface area contributed by atoms with Crippen molar-refractivity contribution in [3.8, 4) is 0 Å². The summed E-state index contributed by atoms with van der Waals surface area (Å²) in [7, 11) is 0. The Morgan fingerprint density at radius 3 is 2.43 bits per heavy atom. The standard InChI is InChI=1S/C10H18N2O2/c1-4-7(11)6-12-8(13)5-10(2,3)9(12)14/h7H,4-6,11H2,1-3H3. The number of hydrogen-bond donors (Lipinski definition) is 1. The molecule has 1 atom stereocenters. The van der Waals surface area contributed by atoms with Crippen LogP contribution >= 0.6 is 0 Å². The molecule has 4 heteroatoms. The molecule has 0 aromatic heterocycles. The first-order chi connectivity index (χ1) is 6.38. The van der Waals surface area contributed by atoms with Crippen LogP contribution in [0.1, 0.15) is 33.6 Å². The maximum Gasteiger partial charge on any atom is 0.235 e. The third kappa shape index (κ3) is 1.95. The summed E-state index contributed by atoms with van der Waals surface area (Å²) in [6, 6.07) is -0.100. The lowest BCUT2D eigenvalue weighted by molar-refractivity contribution is -0.141. The van der Waals surface area contributed by atoms with E-state index in [2.05, 4.69) is 0 Å². The molecular formula is C10H18N2O2. The van der Waals surface area contributed by atoms with Gasteiger partial charge in [0.15, 0.2) is 0 Å². The lowest BCUT2D eigenvalue weighted by Gasteiger charge is -2.20. The zero-order chi connectivity index (χ0) is 10.9. The van der Waals surface area contributed by atoms with E-state index in [0.29, 0.717) is 13.0 Å². The van der Waals surface area contributed by atoms with Crippen LogP contribution < -0.4 is 5.73 Å². The average molecular weight is 198 g/mol. The van der Waals surface area contributed by atoms with Crippen molar-refractivity contribution in [1.82, 2.24) is 4.90 Å². The van der Waals surface area contributed by atoms with Crippen molar-refractivity contribution in [2.75, 3.05) is 6.54 Å². The molecule has 1 aliphatic heterocycles. The lowest BCUT2D eigenvalue weighted by Crippen LogP contribution is -2.41. The first kappa shape index (κ1) is 11.2. The predicted octanol–water partition coefficient (Wildman–Crippen LogP) is 0.509. The van der Waals surface area contributed by atoms with Crippen LogP contribution in [0, 0.1) is 5.41 Å². The molecule has 0 bridgehead atoms. The number of carbonyl (C=O) groups excluding carboxylic acids is 2. The van der Waals surface area contributed by atoms with Crippen LogP contribution in [0.4, 0.5) is 0 Å². The number of hydrogen-bond acceptors (Lipinski definition) is 3. The van der Waals surface area contributed by atoms with Crippen molar-refractivity contribution in [2.45, 2.75) is 39.7 Å². The third-order valence-electron chi connectivity index (χ3n) is 2.66. The minimum absolute atomic E-state index is 0.0913. The molecule has 0 aromatic carbocycles. The summed E-state index contributed by atoms with van der Waals surface area (Å²) in [6.07, 6.45) is 1.08. The Balaban J connectivity index is 2.71. The van der Waals surface area contributed by atoms with Crippen LogP contribution in [0.5, 0.6) is 0 Å². The summed E-state index contributed by atoms with van der Waals surface area (Å²) in [5.74, 6) is -0.185. The summed E-state index contributed by atoms with van der Waals surface area (Å²) in [4.78, 5) is 24.5. The molecule has 14 heavy (non-hydrogen) atoms. The van der Waals surface area contributed by atoms with E-state index in [1.165, 1.54) is 4.90 Å². The number of rotatable bonds is 3. The second kappa shape index (κ2) is 3.69. The van der Waals surface area contributed by atoms with Gasteiger partial charge in [-0.3, -0.25) is 14.5 Å². The van der Waals surface area contributed by atoms with Gasteiger partial charge in [0.05, 0.1) is 5.41 Å². The van der Waals surface area contributed by atoms with Crippen molar-refractivity contribution in [2.24, 2.45) is 11.1 Å². The van der Waals surface area contributed by atoms with Crippen molar-refractivity contribution in [3.63, 3.8) is 0 Å². The topological polar surface area (TPSA) is 63.4 Å². The highest BCUT2D eigenvalue weighted by Crippen LogP contribution is 2.31. The van der Waals surface area contributed by atoms with Gasteiger partial charge in [-0.15, -0.1) is 0 Å². The molecule has 1 rings (SSSR count). The summed E-state index contributed by atoms with van der Waals surface area (Å²) >= 11 is 0. The summed E-state index contributed by atoms with van der Waals surface area (Å²) in [5.41, 5.74) is 5.18. The van der Waals surface area contributed by atoms with E-state index in [0.717, 1.165) is 6.42 Å². The van der Waals surface area contributed by atoms with Crippen molar-refractivity contribution >= 4 is 11.8 Å². The molecule has 80 valence electrons. The van der Waals surface area contributed by atoms with Gasteiger partial charge in [0.2, 0.25) is 11.8 Å². The number of carbonyl (C=O) groups is 2. The number of nitrogens with two attached hydrogens (primary N) is 1. The monoisotopic (exact) mass is 198 g/mol. The fourth-order valence-electron chi connectivity index (χ4n) is 1.58. The molecule has 0 spiro atoms. The number of nitrogens with zero attached hydrogens (tertiary/aromatic N) is 1. The largest absolute Gasteiger partial charge is 0.326 e. The lowest BCUT2D eigenvalue weighted by atomic mass is 9.92. The minimum Gasteiger partial charge on any atom is -0.326 e. The van der Waals surface area contributed by atoms with E-state index in [1.54, 1.807) is 13.8 Å². The molecule has 0 aliphatic carbocycles. The molecular weight excluding hydrogens is 180 g/mol. The Labute approximate surface area is 84.4 Å². The van der Waals surface area contributed by atoms with Crippen LogP contribution in [0.3, 0.4) is 0 Å². The van der Waals surface area contributed by atoms with Gasteiger partial charge < -0.3 is 5.73 Å². The van der Waals surface area contributed by atoms with Crippen LogP contribution in [0.2, 0.25) is 0 Å². The summed E-state index contributed by atoms with van der Waals surface area (Å²) in [5, 5.41) is 0. The molecule has 0 aromatic rings. The van der Waals surface area contributed by atoms with Crippen molar-refractivity contribution in [3.05, 3.63) is 0 Å². The van der Waals surface area contributed by atoms with E-state index < -0.39 is 5.41 Å². The zero-order valence-electron chi connectivity index (χ0n) is 9.04. The molecule has 1 heterocycles. The predicted molar refractivity (Wildman–Crippen MR) is 53.4 cm³/mol. The zero-order valence-corrected chi connectivity index (χ0v) is 9.04. The third-order valence-corrected chi connectivity index (χ3v) is 2.66. The maximum atomic E-state index is 11.7. The Kier molecular flexibility index (Phi) is 2.95. The molecule has 1 fully saturated rings. The number of amides is 2. The van der Waals surface area contributed by atoms with Crippen molar-refractivity contribution in [1.29, 1.82) is 0 Å². The Morgan fingerprint density at radius 2 is 2.07 bits per heavy atom. The van der Waals surface area contributed by atoms with Gasteiger partial charge in [-0.2, -0.15) is 0 Å². The molecule has 1 unspecified atom stereocenters. The second-order valence-corrected chi connectivity index (χ2v) is 4.54. The number of imide groups is 1. The highest BCUT2D eigenvalue weighted by molar-refractivity contribution is 6.05. The van der Waals surface area contributed by atoms with Crippen LogP contribution in [0.25, 0.3) is 0 Å². The first-order valence-corrected chi connectivity index (χ1v) is 4.99. The van der Waals surface area contributed by atoms with Gasteiger partial charge in [0.1, 0.15) is 0 Å². The van der Waals surface area contributed by atoms with Crippen molar-refractivity contribution < 1.29 is 9.59 Å².